The Morgan fingerprint density at radius 1 is 1.25 bits per heavy atom. The van der Waals surface area contributed by atoms with Gasteiger partial charge in [0.25, 0.3) is 15.9 Å². The highest BCUT2D eigenvalue weighted by Crippen LogP contribution is 2.32. The Labute approximate surface area is 243 Å². The third-order valence-electron chi connectivity index (χ3n) is 5.68. The zero-order valence-electron chi connectivity index (χ0n) is 23.4. The molecule has 1 aromatic carbocycles. The number of hydrogen-bond acceptors (Lipinski definition) is 10. The highest BCUT2D eigenvalue weighted by atomic mass is 35.5. The number of amides is 2. The van der Waals surface area contributed by atoms with Crippen molar-refractivity contribution in [1.82, 2.24) is 24.3 Å². The first-order chi connectivity index (χ1) is 18.5. The zero-order chi connectivity index (χ0) is 30.0. The molecule has 1 fully saturated rings. The topological polar surface area (TPSA) is 140 Å². The molecule has 40 heavy (non-hydrogen) atoms. The molecule has 0 radical (unpaired) electrons. The summed E-state index contributed by atoms with van der Waals surface area (Å²) in [5.41, 5.74) is -0.0334. The van der Waals surface area contributed by atoms with Crippen molar-refractivity contribution in [2.75, 3.05) is 19.8 Å². The maximum Gasteiger partial charge on any atom is 0.414 e. The highest BCUT2D eigenvalue weighted by Gasteiger charge is 2.47. The van der Waals surface area contributed by atoms with E-state index in [1.165, 1.54) is 65.9 Å². The van der Waals surface area contributed by atoms with E-state index in [2.05, 4.69) is 10.4 Å². The standard InChI is InChI=1S/C25H34ClN5O7S2/c1-15(2)37-23(33)18(13-16-8-9-19(17(26)12-16)38-24(34)29(5)6)31(22(32)21-27-25(3,4)14-39-21)40(35,36)20-10-11-30(7)28-20/h8-12,15,18,21,27H,13-14H2,1-7H3/t18-,21-/m0/s1. The Morgan fingerprint density at radius 2 is 1.93 bits per heavy atom. The minimum Gasteiger partial charge on any atom is -0.461 e. The van der Waals surface area contributed by atoms with Crippen LogP contribution >= 0.6 is 23.4 Å². The number of aromatic nitrogens is 2. The maximum atomic E-state index is 13.9. The number of rotatable bonds is 9. The minimum atomic E-state index is -4.61. The number of nitrogens with one attached hydrogen (secondary N) is 1. The second kappa shape index (κ2) is 12.4. The van der Waals surface area contributed by atoms with Crippen LogP contribution in [0.25, 0.3) is 0 Å². The largest absolute Gasteiger partial charge is 0.461 e. The molecule has 0 saturated carbocycles. The molecule has 15 heteroatoms. The number of ether oxygens (including phenoxy) is 2. The van der Waals surface area contributed by atoms with Crippen LogP contribution in [0.2, 0.25) is 5.02 Å². The van der Waals surface area contributed by atoms with Gasteiger partial charge in [0.2, 0.25) is 0 Å². The van der Waals surface area contributed by atoms with Crippen LogP contribution in [0.5, 0.6) is 5.75 Å². The van der Waals surface area contributed by atoms with E-state index in [0.717, 1.165) is 0 Å². The summed E-state index contributed by atoms with van der Waals surface area (Å²) in [6.07, 6.45) is -0.0586. The first-order valence-corrected chi connectivity index (χ1v) is 15.2. The molecule has 1 aliphatic heterocycles. The SMILES string of the molecule is CC(C)OC(=O)[C@H](Cc1ccc(OC(=O)N(C)C)c(Cl)c1)N(C(=O)[C@H]1NC(C)(C)CS1)S(=O)(=O)c1ccn(C)n1. The Hall–Kier alpha value is -2.81. The van der Waals surface area contributed by atoms with Crippen molar-refractivity contribution in [3.63, 3.8) is 0 Å². The van der Waals surface area contributed by atoms with Crippen molar-refractivity contribution < 1.29 is 32.3 Å². The molecule has 2 amide bonds. The predicted octanol–water partition coefficient (Wildman–Crippen LogP) is 2.66. The monoisotopic (exact) mass is 615 g/mol. The van der Waals surface area contributed by atoms with Crippen LogP contribution < -0.4 is 10.1 Å². The van der Waals surface area contributed by atoms with Gasteiger partial charge in [0.1, 0.15) is 11.4 Å². The number of benzene rings is 1. The first kappa shape index (κ1) is 31.7. The molecule has 1 aliphatic rings. The summed E-state index contributed by atoms with van der Waals surface area (Å²) in [5.74, 6) is -1.11. The summed E-state index contributed by atoms with van der Waals surface area (Å²) in [4.78, 5) is 40.6. The second-order valence-electron chi connectivity index (χ2n) is 10.4. The third kappa shape index (κ3) is 7.47. The van der Waals surface area contributed by atoms with Crippen LogP contribution in [0.15, 0.2) is 35.5 Å². The number of aryl methyl sites for hydroxylation is 1. The van der Waals surface area contributed by atoms with Gasteiger partial charge in [0.05, 0.1) is 11.1 Å². The van der Waals surface area contributed by atoms with E-state index in [0.29, 0.717) is 15.6 Å². The molecule has 0 spiro atoms. The van der Waals surface area contributed by atoms with Crippen LogP contribution in [0.1, 0.15) is 33.3 Å². The van der Waals surface area contributed by atoms with Gasteiger partial charge in [0, 0.05) is 45.1 Å². The molecule has 1 saturated heterocycles. The number of carbonyl (C=O) groups excluding carboxylic acids is 3. The van der Waals surface area contributed by atoms with Crippen LogP contribution in [0, 0.1) is 0 Å². The van der Waals surface area contributed by atoms with Gasteiger partial charge in [-0.3, -0.25) is 14.8 Å². The van der Waals surface area contributed by atoms with E-state index in [1.54, 1.807) is 20.9 Å². The van der Waals surface area contributed by atoms with Crippen LogP contribution in [-0.4, -0.2) is 88.3 Å². The fraction of sp³-hybridized carbons (Fsp3) is 0.520. The van der Waals surface area contributed by atoms with Crippen molar-refractivity contribution in [3.05, 3.63) is 41.0 Å². The molecule has 2 heterocycles. The molecule has 3 rings (SSSR count). The second-order valence-corrected chi connectivity index (χ2v) is 13.7. The number of sulfonamides is 1. The van der Waals surface area contributed by atoms with Gasteiger partial charge < -0.3 is 14.4 Å². The van der Waals surface area contributed by atoms with E-state index >= 15 is 0 Å². The van der Waals surface area contributed by atoms with Crippen molar-refractivity contribution in [1.29, 1.82) is 0 Å². The molecule has 0 bridgehead atoms. The van der Waals surface area contributed by atoms with Gasteiger partial charge in [-0.1, -0.05) is 17.7 Å². The number of esters is 1. The maximum absolute atomic E-state index is 13.9. The van der Waals surface area contributed by atoms with Crippen LogP contribution in [0.4, 0.5) is 4.79 Å². The lowest BCUT2D eigenvalue weighted by Gasteiger charge is -2.31. The Bertz CT molecular complexity index is 1380. The molecular formula is C25H34ClN5O7S2. The average molecular weight is 616 g/mol. The number of carbonyl (C=O) groups is 3. The first-order valence-electron chi connectivity index (χ1n) is 12.4. The number of hydrogen-bond donors (Lipinski definition) is 1. The summed E-state index contributed by atoms with van der Waals surface area (Å²) >= 11 is 7.60. The van der Waals surface area contributed by atoms with Crippen molar-refractivity contribution in [3.8, 4) is 5.75 Å². The van der Waals surface area contributed by atoms with E-state index in [1.807, 2.05) is 13.8 Å². The van der Waals surface area contributed by atoms with Crippen molar-refractivity contribution in [2.45, 2.75) is 62.2 Å². The molecule has 12 nitrogen and oxygen atoms in total. The molecule has 0 unspecified atom stereocenters. The van der Waals surface area contributed by atoms with Gasteiger partial charge in [0.15, 0.2) is 10.8 Å². The number of nitrogens with zero attached hydrogens (tertiary/aromatic N) is 4. The van der Waals surface area contributed by atoms with Gasteiger partial charge in [-0.15, -0.1) is 11.8 Å². The molecule has 2 aromatic rings. The quantitative estimate of drug-likeness (QED) is 0.419. The van der Waals surface area contributed by atoms with Crippen molar-refractivity contribution in [2.24, 2.45) is 7.05 Å². The van der Waals surface area contributed by atoms with Crippen LogP contribution in [0.3, 0.4) is 0 Å². The van der Waals surface area contributed by atoms with Gasteiger partial charge in [-0.05, 0) is 51.5 Å². The molecule has 0 aliphatic carbocycles. The molecule has 1 N–H and O–H groups in total. The predicted molar refractivity (Wildman–Crippen MR) is 151 cm³/mol. The molecular weight excluding hydrogens is 582 g/mol. The van der Waals surface area contributed by atoms with E-state index < -0.39 is 56.1 Å². The zero-order valence-corrected chi connectivity index (χ0v) is 25.8. The fourth-order valence-corrected chi connectivity index (χ4v) is 6.92. The van der Waals surface area contributed by atoms with Gasteiger partial charge in [-0.25, -0.2) is 13.9 Å². The minimum absolute atomic E-state index is 0.0592. The third-order valence-corrected chi connectivity index (χ3v) is 9.22. The summed E-state index contributed by atoms with van der Waals surface area (Å²) < 4.78 is 40.4. The summed E-state index contributed by atoms with van der Waals surface area (Å²) in [6, 6.07) is 4.07. The van der Waals surface area contributed by atoms with Gasteiger partial charge >= 0.3 is 12.1 Å². The van der Waals surface area contributed by atoms with E-state index in [-0.39, 0.29) is 17.2 Å². The van der Waals surface area contributed by atoms with E-state index in [9.17, 15) is 22.8 Å². The summed E-state index contributed by atoms with van der Waals surface area (Å²) in [5, 5.41) is 5.87. The lowest BCUT2D eigenvalue weighted by Crippen LogP contribution is -2.56. The smallest absolute Gasteiger partial charge is 0.414 e. The van der Waals surface area contributed by atoms with Crippen LogP contribution in [-0.2, 0) is 37.8 Å². The Balaban J connectivity index is 2.08. The average Bonchev–Trinajstić information content (AvgIpc) is 3.44. The summed E-state index contributed by atoms with van der Waals surface area (Å²) in [7, 11) is -0.0359. The summed E-state index contributed by atoms with van der Waals surface area (Å²) in [6.45, 7) is 7.02. The normalized spacial score (nSPS) is 17.4. The fourth-order valence-electron chi connectivity index (χ4n) is 3.79. The van der Waals surface area contributed by atoms with Gasteiger partial charge in [-0.2, -0.15) is 13.5 Å². The van der Waals surface area contributed by atoms with Crippen molar-refractivity contribution >= 4 is 51.4 Å². The van der Waals surface area contributed by atoms with E-state index in [4.69, 9.17) is 21.1 Å². The molecule has 220 valence electrons. The Kier molecular flexibility index (Phi) is 9.81. The highest BCUT2D eigenvalue weighted by molar-refractivity contribution is 8.01. The number of thioether (sulfide) groups is 1. The molecule has 2 atom stereocenters. The lowest BCUT2D eigenvalue weighted by molar-refractivity contribution is -0.155. The molecule has 1 aromatic heterocycles. The lowest BCUT2D eigenvalue weighted by atomic mass is 10.1. The Morgan fingerprint density at radius 3 is 2.42 bits per heavy atom. The number of halogens is 1.